The smallest absolute Gasteiger partial charge is 0.229 e. The molecule has 1 aliphatic heterocycles. The van der Waals surface area contributed by atoms with Gasteiger partial charge in [0.25, 0.3) is 0 Å². The van der Waals surface area contributed by atoms with Crippen LogP contribution in [0.2, 0.25) is 0 Å². The minimum Gasteiger partial charge on any atom is -0.493 e. The van der Waals surface area contributed by atoms with Crippen molar-refractivity contribution in [3.63, 3.8) is 0 Å². The van der Waals surface area contributed by atoms with Gasteiger partial charge in [-0.15, -0.1) is 0 Å². The van der Waals surface area contributed by atoms with Crippen LogP contribution in [0.25, 0.3) is 5.69 Å². The molecule has 2 heterocycles. The van der Waals surface area contributed by atoms with Gasteiger partial charge < -0.3 is 19.9 Å². The van der Waals surface area contributed by atoms with Crippen molar-refractivity contribution < 1.29 is 14.2 Å². The highest BCUT2D eigenvalue weighted by Crippen LogP contribution is 2.48. The van der Waals surface area contributed by atoms with Crippen LogP contribution in [0.1, 0.15) is 28.3 Å². The van der Waals surface area contributed by atoms with Crippen LogP contribution in [-0.2, 0) is 0 Å². The fourth-order valence-electron chi connectivity index (χ4n) is 3.83. The third-order valence-electron chi connectivity index (χ3n) is 5.26. The van der Waals surface area contributed by atoms with E-state index in [9.17, 15) is 5.26 Å². The second-order valence-corrected chi connectivity index (χ2v) is 7.06. The predicted molar refractivity (Wildman–Crippen MR) is 112 cm³/mol. The molecule has 0 spiro atoms. The van der Waals surface area contributed by atoms with Gasteiger partial charge in [0.1, 0.15) is 11.6 Å². The SMILES string of the molecule is COc1cccc(C2C(C#N)=C(N)Oc3c2c(C)nn3-c2ccc(C)cc2)c1OC. The van der Waals surface area contributed by atoms with E-state index in [-0.39, 0.29) is 5.88 Å². The number of allylic oxidation sites excluding steroid dienone is 1. The first-order chi connectivity index (χ1) is 14.5. The molecular weight excluding hydrogens is 380 g/mol. The quantitative estimate of drug-likeness (QED) is 0.715. The lowest BCUT2D eigenvalue weighted by molar-refractivity contribution is 0.346. The van der Waals surface area contributed by atoms with Crippen LogP contribution in [-0.4, -0.2) is 24.0 Å². The Bertz CT molecular complexity index is 1190. The monoisotopic (exact) mass is 402 g/mol. The summed E-state index contributed by atoms with van der Waals surface area (Å²) in [4.78, 5) is 0. The third kappa shape index (κ3) is 2.94. The maximum absolute atomic E-state index is 9.89. The molecule has 1 aliphatic rings. The fraction of sp³-hybridized carbons (Fsp3) is 0.217. The maximum atomic E-state index is 9.89. The van der Waals surface area contributed by atoms with Gasteiger partial charge in [0.15, 0.2) is 11.5 Å². The predicted octanol–water partition coefficient (Wildman–Crippen LogP) is 3.72. The summed E-state index contributed by atoms with van der Waals surface area (Å²) in [6, 6.07) is 15.7. The fourth-order valence-corrected chi connectivity index (χ4v) is 3.83. The number of aryl methyl sites for hydroxylation is 2. The topological polar surface area (TPSA) is 95.3 Å². The second-order valence-electron chi connectivity index (χ2n) is 7.06. The third-order valence-corrected chi connectivity index (χ3v) is 5.26. The number of methoxy groups -OCH3 is 2. The normalized spacial score (nSPS) is 15.2. The first-order valence-corrected chi connectivity index (χ1v) is 9.45. The van der Waals surface area contributed by atoms with Crippen molar-refractivity contribution >= 4 is 0 Å². The van der Waals surface area contributed by atoms with E-state index in [1.165, 1.54) is 0 Å². The lowest BCUT2D eigenvalue weighted by Gasteiger charge is -2.26. The Balaban J connectivity index is 1.98. The van der Waals surface area contributed by atoms with Crippen LogP contribution < -0.4 is 19.9 Å². The summed E-state index contributed by atoms with van der Waals surface area (Å²) in [5.41, 5.74) is 10.8. The van der Waals surface area contributed by atoms with Gasteiger partial charge in [0.2, 0.25) is 11.8 Å². The Kier molecular flexibility index (Phi) is 4.84. The summed E-state index contributed by atoms with van der Waals surface area (Å²) >= 11 is 0. The van der Waals surface area contributed by atoms with E-state index < -0.39 is 5.92 Å². The number of para-hydroxylation sites is 1. The molecule has 0 amide bonds. The number of hydrogen-bond acceptors (Lipinski definition) is 6. The molecule has 0 saturated carbocycles. The molecule has 30 heavy (non-hydrogen) atoms. The number of nitrogens with zero attached hydrogens (tertiary/aromatic N) is 3. The van der Waals surface area contributed by atoms with Crippen molar-refractivity contribution in [3.8, 4) is 29.1 Å². The van der Waals surface area contributed by atoms with E-state index in [0.29, 0.717) is 23.0 Å². The number of aromatic nitrogens is 2. The number of fused-ring (bicyclic) bond motifs is 1. The van der Waals surface area contributed by atoms with E-state index in [1.807, 2.05) is 56.3 Å². The number of ether oxygens (including phenoxy) is 3. The van der Waals surface area contributed by atoms with Crippen LogP contribution in [0.15, 0.2) is 53.9 Å². The zero-order valence-corrected chi connectivity index (χ0v) is 17.3. The van der Waals surface area contributed by atoms with Gasteiger partial charge in [0.05, 0.1) is 37.1 Å². The Morgan fingerprint density at radius 3 is 2.47 bits per heavy atom. The van der Waals surface area contributed by atoms with Gasteiger partial charge >= 0.3 is 0 Å². The van der Waals surface area contributed by atoms with Gasteiger partial charge in [0, 0.05) is 5.56 Å². The van der Waals surface area contributed by atoms with Crippen LogP contribution in [0.5, 0.6) is 17.4 Å². The Morgan fingerprint density at radius 1 is 1.10 bits per heavy atom. The molecule has 0 saturated heterocycles. The summed E-state index contributed by atoms with van der Waals surface area (Å²) < 4.78 is 18.7. The van der Waals surface area contributed by atoms with E-state index >= 15 is 0 Å². The Hall–Kier alpha value is -3.92. The number of hydrogen-bond donors (Lipinski definition) is 1. The first kappa shape index (κ1) is 19.4. The zero-order valence-electron chi connectivity index (χ0n) is 17.3. The molecule has 1 atom stereocenters. The maximum Gasteiger partial charge on any atom is 0.229 e. The van der Waals surface area contributed by atoms with Crippen molar-refractivity contribution in [1.82, 2.24) is 9.78 Å². The van der Waals surface area contributed by atoms with Crippen molar-refractivity contribution in [1.29, 1.82) is 5.26 Å². The second kappa shape index (κ2) is 7.48. The molecule has 3 aromatic rings. The van der Waals surface area contributed by atoms with Crippen LogP contribution in [0.3, 0.4) is 0 Å². The molecule has 1 unspecified atom stereocenters. The summed E-state index contributed by atoms with van der Waals surface area (Å²) in [6.45, 7) is 3.91. The lowest BCUT2D eigenvalue weighted by atomic mass is 9.83. The van der Waals surface area contributed by atoms with Crippen molar-refractivity contribution in [3.05, 3.63) is 76.3 Å². The van der Waals surface area contributed by atoms with Gasteiger partial charge in [-0.2, -0.15) is 10.4 Å². The minimum absolute atomic E-state index is 0.0492. The number of nitrogens with two attached hydrogens (primary N) is 1. The van der Waals surface area contributed by atoms with Crippen LogP contribution in [0.4, 0.5) is 0 Å². The number of rotatable bonds is 4. The van der Waals surface area contributed by atoms with Gasteiger partial charge in [-0.05, 0) is 32.0 Å². The zero-order chi connectivity index (χ0) is 21.4. The van der Waals surface area contributed by atoms with Gasteiger partial charge in [-0.25, -0.2) is 4.68 Å². The molecule has 0 aliphatic carbocycles. The molecule has 0 radical (unpaired) electrons. The summed E-state index contributed by atoms with van der Waals surface area (Å²) in [5, 5.41) is 14.6. The summed E-state index contributed by atoms with van der Waals surface area (Å²) in [5.74, 6) is 1.15. The number of benzene rings is 2. The highest BCUT2D eigenvalue weighted by molar-refractivity contribution is 5.62. The molecule has 2 aromatic carbocycles. The van der Waals surface area contributed by atoms with E-state index in [4.69, 9.17) is 25.0 Å². The molecule has 7 nitrogen and oxygen atoms in total. The van der Waals surface area contributed by atoms with E-state index in [1.54, 1.807) is 18.9 Å². The molecule has 152 valence electrons. The number of nitriles is 1. The molecule has 1 aromatic heterocycles. The Morgan fingerprint density at radius 2 is 1.83 bits per heavy atom. The summed E-state index contributed by atoms with van der Waals surface area (Å²) in [6.07, 6.45) is 0. The van der Waals surface area contributed by atoms with Crippen molar-refractivity contribution in [2.45, 2.75) is 19.8 Å². The highest BCUT2D eigenvalue weighted by atomic mass is 16.5. The van der Waals surface area contributed by atoms with Gasteiger partial charge in [-0.1, -0.05) is 29.8 Å². The first-order valence-electron chi connectivity index (χ1n) is 9.45. The molecule has 7 heteroatoms. The van der Waals surface area contributed by atoms with E-state index in [2.05, 4.69) is 6.07 Å². The largest absolute Gasteiger partial charge is 0.493 e. The standard InChI is InChI=1S/C23H22N4O3/c1-13-8-10-15(11-9-13)27-23-19(14(2)26-27)20(17(12-24)22(25)30-23)16-6-5-7-18(28-3)21(16)29-4/h5-11,20H,25H2,1-4H3. The minimum atomic E-state index is -0.497. The van der Waals surface area contributed by atoms with Crippen molar-refractivity contribution in [2.75, 3.05) is 14.2 Å². The average Bonchev–Trinajstić information content (AvgIpc) is 3.08. The van der Waals surface area contributed by atoms with Gasteiger partial charge in [-0.3, -0.25) is 0 Å². The van der Waals surface area contributed by atoms with E-state index in [0.717, 1.165) is 28.1 Å². The highest BCUT2D eigenvalue weighted by Gasteiger charge is 2.38. The molecule has 2 N–H and O–H groups in total. The lowest BCUT2D eigenvalue weighted by Crippen LogP contribution is -2.22. The molecular formula is C23H22N4O3. The molecule has 0 fully saturated rings. The Labute approximate surface area is 174 Å². The molecule has 4 rings (SSSR count). The van der Waals surface area contributed by atoms with Crippen LogP contribution in [0, 0.1) is 25.2 Å². The van der Waals surface area contributed by atoms with Crippen LogP contribution >= 0.6 is 0 Å². The summed E-state index contributed by atoms with van der Waals surface area (Å²) in [7, 11) is 3.15. The van der Waals surface area contributed by atoms with Crippen molar-refractivity contribution in [2.24, 2.45) is 5.73 Å². The molecule has 0 bridgehead atoms. The average molecular weight is 402 g/mol.